The van der Waals surface area contributed by atoms with Crippen LogP contribution in [-0.4, -0.2) is 98.8 Å². The molecule has 2 aliphatic rings. The smallest absolute Gasteiger partial charge is 0.256 e. The lowest BCUT2D eigenvalue weighted by Crippen LogP contribution is -2.42. The molecule has 0 bridgehead atoms. The number of aromatic nitrogens is 2. The molecule has 0 spiro atoms. The van der Waals surface area contributed by atoms with Gasteiger partial charge in [-0.05, 0) is 54.4 Å². The molecule has 0 saturated carbocycles. The number of fused-ring (bicyclic) bond motifs is 1. The zero-order chi connectivity index (χ0) is 29.8. The number of para-hydroxylation sites is 1. The third kappa shape index (κ3) is 6.97. The van der Waals surface area contributed by atoms with Crippen molar-refractivity contribution in [1.29, 1.82) is 0 Å². The van der Waals surface area contributed by atoms with E-state index >= 15 is 4.39 Å². The second-order valence-corrected chi connectivity index (χ2v) is 13.2. The van der Waals surface area contributed by atoms with E-state index in [1.165, 1.54) is 17.0 Å². The molecule has 0 atom stereocenters. The Labute approximate surface area is 251 Å². The number of nitrogens with zero attached hydrogens (tertiary/aromatic N) is 4. The summed E-state index contributed by atoms with van der Waals surface area (Å²) >= 11 is 0. The Bertz CT molecular complexity index is 1590. The van der Waals surface area contributed by atoms with E-state index in [0.717, 1.165) is 50.6 Å². The molecule has 6 rings (SSSR count). The van der Waals surface area contributed by atoms with Crippen molar-refractivity contribution in [3.63, 3.8) is 0 Å². The molecule has 4 aromatic rings. The summed E-state index contributed by atoms with van der Waals surface area (Å²) in [6, 6.07) is 17.9. The van der Waals surface area contributed by atoms with Crippen molar-refractivity contribution >= 4 is 27.5 Å². The van der Waals surface area contributed by atoms with Crippen LogP contribution in [0, 0.1) is 5.82 Å². The minimum absolute atomic E-state index is 0.0439. The van der Waals surface area contributed by atoms with E-state index in [0.29, 0.717) is 34.5 Å². The van der Waals surface area contributed by atoms with Gasteiger partial charge in [0.05, 0.1) is 59.8 Å². The maximum absolute atomic E-state index is 15.3. The molecule has 2 saturated heterocycles. The van der Waals surface area contributed by atoms with Crippen LogP contribution in [0.3, 0.4) is 0 Å². The van der Waals surface area contributed by atoms with Crippen molar-refractivity contribution < 1.29 is 27.8 Å². The van der Waals surface area contributed by atoms with Crippen molar-refractivity contribution in [1.82, 2.24) is 19.8 Å². The van der Waals surface area contributed by atoms with Crippen molar-refractivity contribution in [3.8, 4) is 28.1 Å². The van der Waals surface area contributed by atoms with Crippen LogP contribution in [-0.2, 0) is 4.74 Å². The quantitative estimate of drug-likeness (QED) is 0.257. The number of rotatable bonds is 8. The molecule has 9 nitrogen and oxygen atoms in total. The van der Waals surface area contributed by atoms with Crippen molar-refractivity contribution in [2.45, 2.75) is 6.42 Å². The van der Waals surface area contributed by atoms with E-state index in [-0.39, 0.29) is 30.2 Å². The molecule has 3 aromatic carbocycles. The standard InChI is InChI=1S/C32H35FN4O5S/c33-28-21-24(7-10-27(28)32(38)37-14-19-43(39,40)20-15-37)26-3-1-4-29-31(26)35-30(22-34-29)23-5-8-25(9-6-23)42-16-2-11-36-12-17-41-18-13-36/h1,3-10,21-22,39-40H,2,11-20H2. The largest absolute Gasteiger partial charge is 0.494 e. The number of amides is 1. The molecule has 11 heteroatoms. The molecular formula is C32H35FN4O5S. The predicted octanol–water partition coefficient (Wildman–Crippen LogP) is 5.41. The second-order valence-electron chi connectivity index (χ2n) is 10.8. The van der Waals surface area contributed by atoms with Gasteiger partial charge in [-0.1, -0.05) is 18.2 Å². The first-order valence-electron chi connectivity index (χ1n) is 14.5. The van der Waals surface area contributed by atoms with Crippen molar-refractivity contribution in [2.24, 2.45) is 0 Å². The average Bonchev–Trinajstić information content (AvgIpc) is 3.03. The van der Waals surface area contributed by atoms with Gasteiger partial charge < -0.3 is 14.4 Å². The van der Waals surface area contributed by atoms with Crippen LogP contribution in [0.15, 0.2) is 66.9 Å². The molecule has 2 fully saturated rings. The third-order valence-corrected chi connectivity index (χ3v) is 9.56. The first kappa shape index (κ1) is 29.5. The number of morpholine rings is 1. The minimum atomic E-state index is -2.65. The van der Waals surface area contributed by atoms with Gasteiger partial charge >= 0.3 is 0 Å². The van der Waals surface area contributed by atoms with E-state index in [9.17, 15) is 13.9 Å². The first-order chi connectivity index (χ1) is 20.9. The maximum atomic E-state index is 15.3. The number of carbonyl (C=O) groups is 1. The number of hydrogen-bond acceptors (Lipinski definition) is 8. The highest BCUT2D eigenvalue weighted by molar-refractivity contribution is 8.24. The number of halogens is 1. The SMILES string of the molecule is O=C(c1ccc(-c2cccc3ncc(-c4ccc(OCCCN5CCOCC5)cc4)nc23)cc1F)N1CCS(O)(O)CC1. The summed E-state index contributed by atoms with van der Waals surface area (Å²) in [5.74, 6) is -0.0749. The fourth-order valence-corrected chi connectivity index (χ4v) is 6.62. The summed E-state index contributed by atoms with van der Waals surface area (Å²) in [4.78, 5) is 26.3. The summed E-state index contributed by atoms with van der Waals surface area (Å²) < 4.78 is 46.3. The third-order valence-electron chi connectivity index (χ3n) is 7.89. The second kappa shape index (κ2) is 12.9. The Kier molecular flexibility index (Phi) is 8.87. The normalized spacial score (nSPS) is 18.0. The highest BCUT2D eigenvalue weighted by Gasteiger charge is 2.27. The van der Waals surface area contributed by atoms with Crippen LogP contribution in [0.4, 0.5) is 4.39 Å². The van der Waals surface area contributed by atoms with E-state index < -0.39 is 22.3 Å². The van der Waals surface area contributed by atoms with Crippen molar-refractivity contribution in [2.75, 3.05) is 64.1 Å². The fourth-order valence-electron chi connectivity index (χ4n) is 5.39. The van der Waals surface area contributed by atoms with Gasteiger partial charge in [0.15, 0.2) is 0 Å². The summed E-state index contributed by atoms with van der Waals surface area (Å²) in [6.07, 6.45) is 2.67. The zero-order valence-electron chi connectivity index (χ0n) is 23.8. The summed E-state index contributed by atoms with van der Waals surface area (Å²) in [7, 11) is -2.65. The molecule has 2 aliphatic heterocycles. The van der Waals surface area contributed by atoms with Crippen LogP contribution in [0.2, 0.25) is 0 Å². The van der Waals surface area contributed by atoms with Gasteiger partial charge in [0.2, 0.25) is 0 Å². The predicted molar refractivity (Wildman–Crippen MR) is 166 cm³/mol. The fraction of sp³-hybridized carbons (Fsp3) is 0.344. The molecule has 0 unspecified atom stereocenters. The topological polar surface area (TPSA) is 108 Å². The van der Waals surface area contributed by atoms with Gasteiger partial charge in [-0.25, -0.2) is 9.37 Å². The zero-order valence-corrected chi connectivity index (χ0v) is 24.6. The van der Waals surface area contributed by atoms with E-state index in [2.05, 4.69) is 9.88 Å². The van der Waals surface area contributed by atoms with Gasteiger partial charge in [0.1, 0.15) is 11.6 Å². The summed E-state index contributed by atoms with van der Waals surface area (Å²) in [5, 5.41) is 0. The summed E-state index contributed by atoms with van der Waals surface area (Å²) in [6.45, 7) is 5.55. The van der Waals surface area contributed by atoms with E-state index in [4.69, 9.17) is 14.5 Å². The van der Waals surface area contributed by atoms with Crippen LogP contribution in [0.5, 0.6) is 5.75 Å². The number of carbonyl (C=O) groups excluding carboxylic acids is 1. The van der Waals surface area contributed by atoms with Gasteiger partial charge in [-0.2, -0.15) is 10.6 Å². The molecule has 0 radical (unpaired) electrons. The van der Waals surface area contributed by atoms with Gasteiger partial charge in [0, 0.05) is 43.9 Å². The Morgan fingerprint density at radius 3 is 2.47 bits per heavy atom. The molecule has 2 N–H and O–H groups in total. The Morgan fingerprint density at radius 2 is 1.72 bits per heavy atom. The van der Waals surface area contributed by atoms with Crippen LogP contribution in [0.1, 0.15) is 16.8 Å². The number of benzene rings is 3. The first-order valence-corrected chi connectivity index (χ1v) is 16.4. The van der Waals surface area contributed by atoms with Crippen LogP contribution in [0.25, 0.3) is 33.4 Å². The maximum Gasteiger partial charge on any atom is 0.256 e. The van der Waals surface area contributed by atoms with Crippen molar-refractivity contribution in [3.05, 3.63) is 78.2 Å². The lowest BCUT2D eigenvalue weighted by molar-refractivity contribution is 0.0358. The summed E-state index contributed by atoms with van der Waals surface area (Å²) in [5.41, 5.74) is 4.11. The molecule has 1 aromatic heterocycles. The van der Waals surface area contributed by atoms with Crippen LogP contribution < -0.4 is 4.74 Å². The lowest BCUT2D eigenvalue weighted by Gasteiger charge is -2.40. The van der Waals surface area contributed by atoms with Crippen LogP contribution >= 0.6 is 10.6 Å². The van der Waals surface area contributed by atoms with E-state index in [1.807, 2.05) is 42.5 Å². The number of ether oxygens (including phenoxy) is 2. The highest BCUT2D eigenvalue weighted by atomic mass is 32.3. The van der Waals surface area contributed by atoms with Gasteiger partial charge in [0.25, 0.3) is 5.91 Å². The molecule has 0 aliphatic carbocycles. The van der Waals surface area contributed by atoms with E-state index in [1.54, 1.807) is 12.3 Å². The van der Waals surface area contributed by atoms with Gasteiger partial charge in [-0.3, -0.25) is 23.8 Å². The average molecular weight is 607 g/mol. The molecule has 226 valence electrons. The molecule has 3 heterocycles. The Morgan fingerprint density at radius 1 is 0.977 bits per heavy atom. The number of hydrogen-bond donors (Lipinski definition) is 2. The lowest BCUT2D eigenvalue weighted by atomic mass is 10.0. The Hall–Kier alpha value is -3.61. The molecule has 43 heavy (non-hydrogen) atoms. The molecule has 1 amide bonds. The monoisotopic (exact) mass is 606 g/mol. The highest BCUT2D eigenvalue weighted by Crippen LogP contribution is 2.40. The minimum Gasteiger partial charge on any atom is -0.494 e. The van der Waals surface area contributed by atoms with Gasteiger partial charge in [-0.15, -0.1) is 0 Å². The Balaban J connectivity index is 1.16. The molecular weight excluding hydrogens is 571 g/mol.